The topological polar surface area (TPSA) is 216 Å². The molecule has 4 N–H and O–H groups in total. The van der Waals surface area contributed by atoms with E-state index in [1.54, 1.807) is 12.2 Å². The van der Waals surface area contributed by atoms with E-state index in [9.17, 15) is 38.7 Å². The molecule has 0 rings (SSSR count). The highest BCUT2D eigenvalue weighted by Crippen LogP contribution is 2.39. The van der Waals surface area contributed by atoms with Crippen LogP contribution in [0.25, 0.3) is 0 Å². The summed E-state index contributed by atoms with van der Waals surface area (Å²) in [6.45, 7) is 4.21. The van der Waals surface area contributed by atoms with Crippen molar-refractivity contribution in [1.29, 1.82) is 0 Å². The zero-order chi connectivity index (χ0) is 48.3. The Bertz CT molecular complexity index is 1260. The van der Waals surface area contributed by atoms with Crippen LogP contribution in [0.2, 0.25) is 0 Å². The van der Waals surface area contributed by atoms with E-state index in [1.807, 2.05) is 54.4 Å². The molecular weight excluding hydrogens is 862 g/mol. The second-order valence-corrected chi connectivity index (χ2v) is 21.9. The first kappa shape index (κ1) is 62.5. The normalized spacial score (nSPS) is 16.4. The van der Waals surface area contributed by atoms with E-state index in [1.165, 1.54) is 0 Å². The van der Waals surface area contributed by atoms with Gasteiger partial charge in [-0.2, -0.15) is 0 Å². The lowest BCUT2D eigenvalue weighted by Crippen LogP contribution is -2.45. The van der Waals surface area contributed by atoms with Crippen molar-refractivity contribution in [2.75, 3.05) is 81.8 Å². The first-order valence-electron chi connectivity index (χ1n) is 24.2. The van der Waals surface area contributed by atoms with Crippen molar-refractivity contribution in [1.82, 2.24) is 10.6 Å². The molecule has 0 aromatic rings. The van der Waals surface area contributed by atoms with Crippen LogP contribution in [0.3, 0.4) is 0 Å². The first-order chi connectivity index (χ1) is 30.1. The van der Waals surface area contributed by atoms with E-state index in [2.05, 4.69) is 24.5 Å². The largest absolute Gasteiger partial charge is 0.756 e. The summed E-state index contributed by atoms with van der Waals surface area (Å²) in [7, 11) is 2.27. The molecule has 2 unspecified atom stereocenters. The van der Waals surface area contributed by atoms with E-state index >= 15 is 0 Å². The number of phosphoric acid groups is 2. The predicted molar refractivity (Wildman–Crippen MR) is 252 cm³/mol. The summed E-state index contributed by atoms with van der Waals surface area (Å²) in [6.07, 6.45) is 24.8. The van der Waals surface area contributed by atoms with Crippen molar-refractivity contribution in [2.45, 2.75) is 179 Å². The number of rotatable bonds is 43. The summed E-state index contributed by atoms with van der Waals surface area (Å²) < 4.78 is 45.9. The Labute approximate surface area is 388 Å². The molecule has 0 fully saturated rings. The second kappa shape index (κ2) is 36.5. The van der Waals surface area contributed by atoms with Crippen LogP contribution < -0.4 is 20.4 Å². The van der Waals surface area contributed by atoms with E-state index in [-0.39, 0.29) is 37.9 Å². The Morgan fingerprint density at radius 2 is 0.844 bits per heavy atom. The molecule has 18 heteroatoms. The predicted octanol–water partition coefficient (Wildman–Crippen LogP) is 6.83. The van der Waals surface area contributed by atoms with Gasteiger partial charge in [-0.1, -0.05) is 128 Å². The SMILES string of the molecule is CCCCC/C=C/[C@@H](O)[C@H](COP(=O)([O-])OCC[N+](C)(C)C)NC(=O)CCCCCCCCCCCCCCC(=O)N[C@@H](COP(=O)([O-])OCC[N+](C)(C)C)[C@H](O)/C=C/CCCCC. The van der Waals surface area contributed by atoms with Crippen molar-refractivity contribution < 1.29 is 65.8 Å². The number of carbonyl (C=O) groups is 2. The number of hydrogen-bond donors (Lipinski definition) is 4. The van der Waals surface area contributed by atoms with Gasteiger partial charge in [-0.25, -0.2) is 0 Å². The van der Waals surface area contributed by atoms with Gasteiger partial charge in [0.2, 0.25) is 11.8 Å². The molecule has 16 nitrogen and oxygen atoms in total. The van der Waals surface area contributed by atoms with Crippen molar-refractivity contribution in [2.24, 2.45) is 0 Å². The third kappa shape index (κ3) is 39.6. The number of aliphatic hydroxyl groups is 2. The molecule has 0 saturated carbocycles. The van der Waals surface area contributed by atoms with E-state index in [4.69, 9.17) is 18.1 Å². The van der Waals surface area contributed by atoms with Crippen LogP contribution in [0.15, 0.2) is 24.3 Å². The standard InChI is InChI=1S/C46H92N4O12P2/c1-9-11-13-23-27-31-43(51)41(39-61-63(55,56)59-37-35-49(3,4)5)47-45(53)33-29-25-21-19-17-15-16-18-20-22-26-30-34-46(54)48-42(44(52)32-28-24-14-12-10-2)40-62-64(57,58)60-38-36-50(6,7)8/h27-28,31-32,41-44,51-52H,9-26,29-30,33-40H2,1-8H3,(H2-2,47,48,53,54,55,56,57,58)/b31-27+,32-28+/t41-,42-,43+,44+/m0/s1. The highest BCUT2D eigenvalue weighted by molar-refractivity contribution is 7.46. The molecule has 0 heterocycles. The second-order valence-electron chi connectivity index (χ2n) is 19.1. The van der Waals surface area contributed by atoms with Gasteiger partial charge in [-0.05, 0) is 38.5 Å². The van der Waals surface area contributed by atoms with Crippen LogP contribution >= 0.6 is 15.6 Å². The summed E-state index contributed by atoms with van der Waals surface area (Å²) in [4.78, 5) is 50.3. The Morgan fingerprint density at radius 1 is 0.531 bits per heavy atom. The highest BCUT2D eigenvalue weighted by Gasteiger charge is 2.25. The fourth-order valence-electron chi connectivity index (χ4n) is 6.38. The van der Waals surface area contributed by atoms with Crippen LogP contribution in [-0.4, -0.2) is 137 Å². The molecule has 2 amide bonds. The van der Waals surface area contributed by atoms with Crippen LogP contribution in [0.4, 0.5) is 0 Å². The third-order valence-electron chi connectivity index (χ3n) is 10.5. The number of nitrogens with zero attached hydrogens (tertiary/aromatic N) is 2. The van der Waals surface area contributed by atoms with Crippen LogP contribution in [0.1, 0.15) is 155 Å². The quantitative estimate of drug-likeness (QED) is 0.0214. The van der Waals surface area contributed by atoms with Gasteiger partial charge in [0, 0.05) is 12.8 Å². The zero-order valence-electron chi connectivity index (χ0n) is 41.2. The van der Waals surface area contributed by atoms with E-state index in [0.717, 1.165) is 116 Å². The zero-order valence-corrected chi connectivity index (χ0v) is 43.0. The number of allylic oxidation sites excluding steroid dienone is 2. The lowest BCUT2D eigenvalue weighted by Gasteiger charge is -2.29. The molecule has 64 heavy (non-hydrogen) atoms. The Hall–Kier alpha value is -1.52. The molecule has 0 bridgehead atoms. The Balaban J connectivity index is 4.50. The molecule has 0 aromatic carbocycles. The molecule has 0 saturated heterocycles. The average molecular weight is 955 g/mol. The monoisotopic (exact) mass is 955 g/mol. The number of hydrogen-bond acceptors (Lipinski definition) is 12. The average Bonchev–Trinajstić information content (AvgIpc) is 3.19. The summed E-state index contributed by atoms with van der Waals surface area (Å²) in [6, 6.07) is -1.87. The number of quaternary nitrogens is 2. The summed E-state index contributed by atoms with van der Waals surface area (Å²) in [5, 5.41) is 27.1. The number of carbonyl (C=O) groups excluding carboxylic acids is 2. The molecule has 0 radical (unpaired) electrons. The summed E-state index contributed by atoms with van der Waals surface area (Å²) in [5.41, 5.74) is 0. The fraction of sp³-hybridized carbons (Fsp3) is 0.870. The maximum Gasteiger partial charge on any atom is 0.268 e. The van der Waals surface area contributed by atoms with Crippen molar-refractivity contribution in [3.63, 3.8) is 0 Å². The minimum Gasteiger partial charge on any atom is -0.756 e. The smallest absolute Gasteiger partial charge is 0.268 e. The maximum absolute atomic E-state index is 12.8. The van der Waals surface area contributed by atoms with E-state index in [0.29, 0.717) is 34.9 Å². The van der Waals surface area contributed by atoms with Crippen molar-refractivity contribution >= 4 is 27.5 Å². The molecule has 0 aliphatic carbocycles. The highest BCUT2D eigenvalue weighted by atomic mass is 31.2. The summed E-state index contributed by atoms with van der Waals surface area (Å²) in [5.74, 6) is -0.530. The number of likely N-dealkylation sites (N-methyl/N-ethyl adjacent to an activating group) is 2. The third-order valence-corrected chi connectivity index (χ3v) is 12.5. The van der Waals surface area contributed by atoms with Gasteiger partial charge in [0.05, 0.1) is 79.8 Å². The van der Waals surface area contributed by atoms with Gasteiger partial charge in [0.15, 0.2) is 0 Å². The van der Waals surface area contributed by atoms with Crippen molar-refractivity contribution in [3.8, 4) is 0 Å². The van der Waals surface area contributed by atoms with Crippen LogP contribution in [0, 0.1) is 0 Å². The van der Waals surface area contributed by atoms with Gasteiger partial charge in [-0.15, -0.1) is 0 Å². The lowest BCUT2D eigenvalue weighted by atomic mass is 10.0. The molecule has 0 aliphatic heterocycles. The van der Waals surface area contributed by atoms with Gasteiger partial charge in [0.1, 0.15) is 26.3 Å². The fourth-order valence-corrected chi connectivity index (χ4v) is 7.83. The summed E-state index contributed by atoms with van der Waals surface area (Å²) >= 11 is 0. The molecule has 0 aromatic heterocycles. The molecular formula is C46H92N4O12P2. The van der Waals surface area contributed by atoms with E-state index < -0.39 is 53.2 Å². The van der Waals surface area contributed by atoms with Gasteiger partial charge >= 0.3 is 0 Å². The minimum absolute atomic E-state index is 0.0366. The van der Waals surface area contributed by atoms with Crippen LogP contribution in [-0.2, 0) is 36.8 Å². The Morgan fingerprint density at radius 3 is 1.14 bits per heavy atom. The van der Waals surface area contributed by atoms with Gasteiger partial charge < -0.3 is 57.7 Å². The number of phosphoric ester groups is 2. The Kier molecular flexibility index (Phi) is 35.6. The molecule has 0 spiro atoms. The minimum atomic E-state index is -4.62. The number of aliphatic hydroxyl groups excluding tert-OH is 2. The van der Waals surface area contributed by atoms with Crippen molar-refractivity contribution in [3.05, 3.63) is 24.3 Å². The molecule has 6 atom stereocenters. The van der Waals surface area contributed by atoms with Crippen LogP contribution in [0.5, 0.6) is 0 Å². The first-order valence-corrected chi connectivity index (χ1v) is 27.1. The van der Waals surface area contributed by atoms with Gasteiger partial charge in [0.25, 0.3) is 15.6 Å². The lowest BCUT2D eigenvalue weighted by molar-refractivity contribution is -0.870. The molecule has 378 valence electrons. The number of unbranched alkanes of at least 4 members (excludes halogenated alkanes) is 17. The van der Waals surface area contributed by atoms with Gasteiger partial charge in [-0.3, -0.25) is 18.7 Å². The number of amides is 2. The number of nitrogens with one attached hydrogen (secondary N) is 2. The molecule has 0 aliphatic rings. The maximum atomic E-state index is 12.8.